The molecule has 0 aliphatic heterocycles. The van der Waals surface area contributed by atoms with Crippen LogP contribution in [0.2, 0.25) is 0 Å². The number of carboxylic acids is 3. The van der Waals surface area contributed by atoms with Crippen LogP contribution in [-0.4, -0.2) is 63.9 Å². The molecule has 0 bridgehead atoms. The summed E-state index contributed by atoms with van der Waals surface area (Å²) < 4.78 is 17.6. The second-order valence-electron chi connectivity index (χ2n) is 6.46. The molecule has 170 valence electrons. The largest absolute Gasteiger partial charge is 0.481 e. The average Bonchev–Trinajstić information content (AvgIpc) is 2.69. The van der Waals surface area contributed by atoms with Gasteiger partial charge in [-0.05, 0) is 49.9 Å². The van der Waals surface area contributed by atoms with E-state index in [0.717, 1.165) is 12.1 Å². The minimum atomic E-state index is -1.55. The second kappa shape index (κ2) is 12.8. The van der Waals surface area contributed by atoms with E-state index < -0.39 is 60.7 Å². The zero-order valence-corrected chi connectivity index (χ0v) is 16.4. The summed E-state index contributed by atoms with van der Waals surface area (Å²) in [6, 6.07) is 3.38. The maximum absolute atomic E-state index is 12.8. The Morgan fingerprint density at radius 1 is 0.935 bits per heavy atom. The maximum Gasteiger partial charge on any atom is 0.408 e. The van der Waals surface area contributed by atoms with E-state index in [1.54, 1.807) is 0 Å². The van der Waals surface area contributed by atoms with E-state index in [9.17, 15) is 28.4 Å². The maximum atomic E-state index is 12.8. The lowest BCUT2D eigenvalue weighted by atomic mass is 10.1. The van der Waals surface area contributed by atoms with Crippen molar-refractivity contribution in [1.29, 1.82) is 0 Å². The summed E-state index contributed by atoms with van der Waals surface area (Å²) in [5, 5.41) is 31.2. The van der Waals surface area contributed by atoms with E-state index in [4.69, 9.17) is 20.1 Å². The first-order chi connectivity index (χ1) is 14.6. The highest BCUT2D eigenvalue weighted by atomic mass is 19.1. The van der Waals surface area contributed by atoms with Crippen LogP contribution in [0.5, 0.6) is 0 Å². The van der Waals surface area contributed by atoms with E-state index in [1.807, 2.05) is 5.32 Å². The summed E-state index contributed by atoms with van der Waals surface area (Å²) in [6.45, 7) is 0.199. The van der Waals surface area contributed by atoms with Gasteiger partial charge in [0.15, 0.2) is 0 Å². The first kappa shape index (κ1) is 25.3. The Morgan fingerprint density at radius 2 is 1.58 bits per heavy atom. The molecule has 0 spiro atoms. The Kier molecular flexibility index (Phi) is 10.4. The van der Waals surface area contributed by atoms with Gasteiger partial charge in [0.05, 0.1) is 0 Å². The summed E-state index contributed by atoms with van der Waals surface area (Å²) in [5.41, 5.74) is 0.265. The van der Waals surface area contributed by atoms with E-state index in [1.165, 1.54) is 12.1 Å². The number of halogens is 1. The lowest BCUT2D eigenvalue weighted by Crippen LogP contribution is -2.43. The van der Waals surface area contributed by atoms with Crippen LogP contribution in [0.25, 0.3) is 0 Å². The van der Waals surface area contributed by atoms with Gasteiger partial charge >= 0.3 is 24.0 Å². The molecule has 0 aromatic heterocycles. The Bertz CT molecular complexity index is 798. The fourth-order valence-corrected chi connectivity index (χ4v) is 2.42. The van der Waals surface area contributed by atoms with Crippen molar-refractivity contribution < 1.29 is 48.4 Å². The number of aliphatic carboxylic acids is 3. The first-order valence-electron chi connectivity index (χ1n) is 9.28. The molecule has 0 saturated heterocycles. The number of unbranched alkanes of at least 4 members (excludes halogenated alkanes) is 1. The zero-order valence-electron chi connectivity index (χ0n) is 16.4. The van der Waals surface area contributed by atoms with Gasteiger partial charge in [-0.3, -0.25) is 9.59 Å². The minimum absolute atomic E-state index is 0.0952. The SMILES string of the molecule is O=C(O)CCC(NC(=O)O[C@@H](CCCCNC(=O)c1ccc(F)cc1)C(=O)O)C(=O)O. The summed E-state index contributed by atoms with van der Waals surface area (Å²) in [7, 11) is 0. The molecule has 0 aliphatic rings. The molecule has 0 heterocycles. The van der Waals surface area contributed by atoms with Gasteiger partial charge in [-0.1, -0.05) is 0 Å². The number of alkyl carbamates (subject to hydrolysis) is 1. The first-order valence-corrected chi connectivity index (χ1v) is 9.28. The van der Waals surface area contributed by atoms with Gasteiger partial charge in [-0.2, -0.15) is 0 Å². The standard InChI is InChI=1S/C19H23FN2O9/c20-12-6-4-11(5-7-12)16(25)21-10-2-1-3-14(18(28)29)31-19(30)22-13(17(26)27)8-9-15(23)24/h4-7,13-14H,1-3,8-10H2,(H,21,25)(H,22,30)(H,23,24)(H,26,27)(H,28,29)/t13?,14-/m0/s1. The molecule has 0 fully saturated rings. The number of hydrogen-bond donors (Lipinski definition) is 5. The lowest BCUT2D eigenvalue weighted by Gasteiger charge is -2.17. The van der Waals surface area contributed by atoms with E-state index in [-0.39, 0.29) is 24.9 Å². The van der Waals surface area contributed by atoms with Crippen LogP contribution in [0.15, 0.2) is 24.3 Å². The van der Waals surface area contributed by atoms with Gasteiger partial charge in [0.1, 0.15) is 11.9 Å². The molecule has 5 N–H and O–H groups in total. The predicted molar refractivity (Wildman–Crippen MR) is 102 cm³/mol. The smallest absolute Gasteiger partial charge is 0.408 e. The van der Waals surface area contributed by atoms with Crippen LogP contribution in [0.3, 0.4) is 0 Å². The number of carbonyl (C=O) groups excluding carboxylic acids is 2. The third kappa shape index (κ3) is 10.1. The van der Waals surface area contributed by atoms with Crippen LogP contribution >= 0.6 is 0 Å². The number of rotatable bonds is 13. The highest BCUT2D eigenvalue weighted by Gasteiger charge is 2.26. The number of amides is 2. The Morgan fingerprint density at radius 3 is 2.13 bits per heavy atom. The molecule has 12 heteroatoms. The molecule has 11 nitrogen and oxygen atoms in total. The number of nitrogens with one attached hydrogen (secondary N) is 2. The average molecular weight is 442 g/mol. The molecular formula is C19H23FN2O9. The fourth-order valence-electron chi connectivity index (χ4n) is 2.42. The molecule has 2 atom stereocenters. The van der Waals surface area contributed by atoms with Crippen molar-refractivity contribution in [2.45, 2.75) is 44.2 Å². The molecular weight excluding hydrogens is 419 g/mol. The lowest BCUT2D eigenvalue weighted by molar-refractivity contribution is -0.147. The van der Waals surface area contributed by atoms with Crippen LogP contribution < -0.4 is 10.6 Å². The third-order valence-corrected chi connectivity index (χ3v) is 4.05. The molecule has 1 unspecified atom stereocenters. The molecule has 1 aromatic rings. The number of carboxylic acid groups (broad SMARTS) is 3. The van der Waals surface area contributed by atoms with Gasteiger partial charge < -0.3 is 30.7 Å². The van der Waals surface area contributed by atoms with Crippen LogP contribution in [-0.2, 0) is 19.1 Å². The highest BCUT2D eigenvalue weighted by Crippen LogP contribution is 2.08. The van der Waals surface area contributed by atoms with Gasteiger partial charge in [0.2, 0.25) is 6.10 Å². The topological polar surface area (TPSA) is 179 Å². The molecule has 1 aromatic carbocycles. The van der Waals surface area contributed by atoms with Crippen molar-refractivity contribution in [3.8, 4) is 0 Å². The number of ether oxygens (including phenoxy) is 1. The second-order valence-corrected chi connectivity index (χ2v) is 6.46. The van der Waals surface area contributed by atoms with E-state index in [0.29, 0.717) is 6.42 Å². The molecule has 0 saturated carbocycles. The fraction of sp³-hybridized carbons (Fsp3) is 0.421. The monoisotopic (exact) mass is 442 g/mol. The van der Waals surface area contributed by atoms with Gasteiger partial charge in [-0.25, -0.2) is 18.8 Å². The van der Waals surface area contributed by atoms with E-state index >= 15 is 0 Å². The number of carbonyl (C=O) groups is 5. The third-order valence-electron chi connectivity index (χ3n) is 4.05. The van der Waals surface area contributed by atoms with Gasteiger partial charge in [0.25, 0.3) is 5.91 Å². The Labute approximate surface area is 176 Å². The summed E-state index contributed by atoms with van der Waals surface area (Å²) in [6.07, 6.45) is -3.24. The number of hydrogen-bond acceptors (Lipinski definition) is 6. The summed E-state index contributed by atoms with van der Waals surface area (Å²) >= 11 is 0. The van der Waals surface area contributed by atoms with Crippen molar-refractivity contribution >= 4 is 29.9 Å². The van der Waals surface area contributed by atoms with Gasteiger partial charge in [-0.15, -0.1) is 0 Å². The minimum Gasteiger partial charge on any atom is -0.481 e. The van der Waals surface area contributed by atoms with Crippen molar-refractivity contribution in [2.24, 2.45) is 0 Å². The summed E-state index contributed by atoms with van der Waals surface area (Å²) in [5.74, 6) is -5.08. The van der Waals surface area contributed by atoms with Crippen molar-refractivity contribution in [3.63, 3.8) is 0 Å². The molecule has 31 heavy (non-hydrogen) atoms. The van der Waals surface area contributed by atoms with Gasteiger partial charge in [0, 0.05) is 18.5 Å². The van der Waals surface area contributed by atoms with E-state index in [2.05, 4.69) is 5.32 Å². The molecule has 1 rings (SSSR count). The predicted octanol–water partition coefficient (Wildman–Crippen LogP) is 1.22. The number of benzene rings is 1. The van der Waals surface area contributed by atoms with Crippen LogP contribution in [0, 0.1) is 5.82 Å². The quantitative estimate of drug-likeness (QED) is 0.281. The molecule has 0 aliphatic carbocycles. The zero-order chi connectivity index (χ0) is 23.4. The Balaban J connectivity index is 2.41. The van der Waals surface area contributed by atoms with Crippen molar-refractivity contribution in [1.82, 2.24) is 10.6 Å². The molecule has 2 amide bonds. The summed E-state index contributed by atoms with van der Waals surface area (Å²) in [4.78, 5) is 56.5. The van der Waals surface area contributed by atoms with Crippen molar-refractivity contribution in [3.05, 3.63) is 35.6 Å². The highest BCUT2D eigenvalue weighted by molar-refractivity contribution is 5.94. The molecule has 0 radical (unpaired) electrons. The Hall–Kier alpha value is -3.70. The normalized spacial score (nSPS) is 12.3. The van der Waals surface area contributed by atoms with Crippen LogP contribution in [0.4, 0.5) is 9.18 Å². The van der Waals surface area contributed by atoms with Crippen LogP contribution in [0.1, 0.15) is 42.5 Å². The van der Waals surface area contributed by atoms with Crippen molar-refractivity contribution in [2.75, 3.05) is 6.54 Å².